The molecule has 0 spiro atoms. The lowest BCUT2D eigenvalue weighted by Crippen LogP contribution is -2.48. The molecule has 0 amide bonds. The van der Waals surface area contributed by atoms with E-state index in [1.807, 2.05) is 18.2 Å². The Bertz CT molecular complexity index is 580. The third kappa shape index (κ3) is 4.60. The topological polar surface area (TPSA) is 67.2 Å². The number of azide groups is 1. The molecule has 0 aliphatic heterocycles. The van der Waals surface area contributed by atoms with Crippen LogP contribution in [0.15, 0.2) is 35.4 Å². The molecule has 2 unspecified atom stereocenters. The summed E-state index contributed by atoms with van der Waals surface area (Å²) >= 11 is 0. The molecule has 1 aromatic rings. The van der Waals surface area contributed by atoms with Crippen LogP contribution < -0.4 is 0 Å². The van der Waals surface area contributed by atoms with Crippen LogP contribution in [0.4, 0.5) is 0 Å². The average Bonchev–Trinajstić information content (AvgIpc) is 2.87. The van der Waals surface area contributed by atoms with E-state index in [9.17, 15) is 0 Å². The number of hydrogen-bond acceptors (Lipinski definition) is 3. The molecule has 3 atom stereocenters. The molecule has 0 saturated heterocycles. The molecule has 0 aromatic heterocycles. The minimum absolute atomic E-state index is 0.0187. The number of benzene rings is 1. The minimum atomic E-state index is -1.95. The fourth-order valence-electron chi connectivity index (χ4n) is 2.73. The van der Waals surface area contributed by atoms with E-state index in [1.54, 1.807) is 0 Å². The zero-order valence-electron chi connectivity index (χ0n) is 15.4. The average molecular weight is 348 g/mol. The number of nitrogens with zero attached hydrogens (tertiary/aromatic N) is 3. The van der Waals surface area contributed by atoms with Gasteiger partial charge in [-0.3, -0.25) is 0 Å². The van der Waals surface area contributed by atoms with Crippen LogP contribution in [-0.2, 0) is 15.8 Å². The molecule has 1 aliphatic rings. The van der Waals surface area contributed by atoms with Gasteiger partial charge in [0.15, 0.2) is 8.32 Å². The lowest BCUT2D eigenvalue weighted by atomic mass is 10.2. The maximum Gasteiger partial charge on any atom is 0.192 e. The SMILES string of the molecule is CC(C)(C)[Si](C)(C)OC1C(N=[N+]=[N-])CC[C@@H]1OCc1ccccc1. The normalized spacial score (nSPS) is 24.6. The third-order valence-electron chi connectivity index (χ3n) is 5.24. The summed E-state index contributed by atoms with van der Waals surface area (Å²) in [6.07, 6.45) is 1.53. The van der Waals surface area contributed by atoms with Gasteiger partial charge in [-0.25, -0.2) is 0 Å². The van der Waals surface area contributed by atoms with Gasteiger partial charge in [0.25, 0.3) is 0 Å². The fourth-order valence-corrected chi connectivity index (χ4v) is 4.07. The smallest absolute Gasteiger partial charge is 0.192 e. The highest BCUT2D eigenvalue weighted by Gasteiger charge is 2.45. The highest BCUT2D eigenvalue weighted by atomic mass is 28.4. The Morgan fingerprint density at radius 1 is 1.21 bits per heavy atom. The Morgan fingerprint density at radius 2 is 1.88 bits per heavy atom. The van der Waals surface area contributed by atoms with Gasteiger partial charge in [0, 0.05) is 4.91 Å². The van der Waals surface area contributed by atoms with Crippen molar-refractivity contribution < 1.29 is 9.16 Å². The largest absolute Gasteiger partial charge is 0.411 e. The maximum absolute atomic E-state index is 8.87. The van der Waals surface area contributed by atoms with Crippen molar-refractivity contribution in [1.29, 1.82) is 0 Å². The second kappa shape index (κ2) is 7.70. The Balaban J connectivity index is 2.10. The van der Waals surface area contributed by atoms with Crippen LogP contribution >= 0.6 is 0 Å². The Kier molecular flexibility index (Phi) is 6.10. The summed E-state index contributed by atoms with van der Waals surface area (Å²) in [6.45, 7) is 11.7. The van der Waals surface area contributed by atoms with E-state index in [4.69, 9.17) is 14.7 Å². The molecule has 0 bridgehead atoms. The first-order valence-electron chi connectivity index (χ1n) is 8.62. The molecular formula is C18H29N3O2Si. The van der Waals surface area contributed by atoms with E-state index in [0.29, 0.717) is 6.61 Å². The van der Waals surface area contributed by atoms with Crippen molar-refractivity contribution in [2.45, 2.75) is 76.6 Å². The lowest BCUT2D eigenvalue weighted by Gasteiger charge is -2.40. The lowest BCUT2D eigenvalue weighted by molar-refractivity contribution is -0.0257. The summed E-state index contributed by atoms with van der Waals surface area (Å²) in [4.78, 5) is 3.02. The van der Waals surface area contributed by atoms with Crippen LogP contribution in [0.1, 0.15) is 39.2 Å². The van der Waals surface area contributed by atoms with Crippen molar-refractivity contribution >= 4 is 8.32 Å². The molecule has 5 nitrogen and oxygen atoms in total. The third-order valence-corrected chi connectivity index (χ3v) is 9.71. The van der Waals surface area contributed by atoms with E-state index in [-0.39, 0.29) is 23.3 Å². The van der Waals surface area contributed by atoms with Crippen molar-refractivity contribution in [3.8, 4) is 0 Å². The van der Waals surface area contributed by atoms with Crippen molar-refractivity contribution in [3.63, 3.8) is 0 Å². The summed E-state index contributed by atoms with van der Waals surface area (Å²) in [5, 5.41) is 4.09. The molecule has 0 heterocycles. The zero-order valence-corrected chi connectivity index (χ0v) is 16.4. The van der Waals surface area contributed by atoms with Gasteiger partial charge in [0.2, 0.25) is 0 Å². The Morgan fingerprint density at radius 3 is 2.46 bits per heavy atom. The minimum Gasteiger partial charge on any atom is -0.411 e. The monoisotopic (exact) mass is 347 g/mol. The summed E-state index contributed by atoms with van der Waals surface area (Å²) in [5.74, 6) is 0. The second-order valence-corrected chi connectivity index (χ2v) is 12.8. The molecule has 0 radical (unpaired) electrons. The van der Waals surface area contributed by atoms with Gasteiger partial charge >= 0.3 is 0 Å². The summed E-state index contributed by atoms with van der Waals surface area (Å²) in [6, 6.07) is 10.0. The number of rotatable bonds is 6. The summed E-state index contributed by atoms with van der Waals surface area (Å²) in [5.41, 5.74) is 10.0. The first kappa shape index (κ1) is 19.0. The summed E-state index contributed by atoms with van der Waals surface area (Å²) in [7, 11) is -1.95. The standard InChI is InChI=1S/C18H29N3O2Si/c1-18(2,3)24(4,5)23-17-15(20-21-19)11-12-16(17)22-13-14-9-7-6-8-10-14/h6-10,15-17H,11-13H2,1-5H3/t15?,16-,17?/m0/s1. The predicted molar refractivity (Wildman–Crippen MR) is 99.3 cm³/mol. The highest BCUT2D eigenvalue weighted by molar-refractivity contribution is 6.74. The molecule has 1 fully saturated rings. The molecular weight excluding hydrogens is 318 g/mol. The molecule has 132 valence electrons. The number of ether oxygens (including phenoxy) is 1. The zero-order chi connectivity index (χ0) is 17.8. The van der Waals surface area contributed by atoms with Gasteiger partial charge in [0.1, 0.15) is 0 Å². The van der Waals surface area contributed by atoms with E-state index in [2.05, 4.69) is 56.0 Å². The predicted octanol–water partition coefficient (Wildman–Crippen LogP) is 5.43. The molecule has 24 heavy (non-hydrogen) atoms. The number of hydrogen-bond donors (Lipinski definition) is 0. The Hall–Kier alpha value is -1.33. The quantitative estimate of drug-likeness (QED) is 0.298. The van der Waals surface area contributed by atoms with Gasteiger partial charge in [-0.15, -0.1) is 0 Å². The van der Waals surface area contributed by atoms with Crippen molar-refractivity contribution in [2.75, 3.05) is 0 Å². The molecule has 6 heteroatoms. The molecule has 2 rings (SSSR count). The van der Waals surface area contributed by atoms with Crippen LogP contribution in [0.5, 0.6) is 0 Å². The highest BCUT2D eigenvalue weighted by Crippen LogP contribution is 2.40. The molecule has 1 aromatic carbocycles. The van der Waals surface area contributed by atoms with Gasteiger partial charge < -0.3 is 9.16 Å². The van der Waals surface area contributed by atoms with Gasteiger partial charge in [-0.1, -0.05) is 56.2 Å². The molecule has 0 N–H and O–H groups in total. The van der Waals surface area contributed by atoms with Gasteiger partial charge in [0.05, 0.1) is 24.9 Å². The van der Waals surface area contributed by atoms with Crippen LogP contribution in [0, 0.1) is 0 Å². The van der Waals surface area contributed by atoms with Crippen LogP contribution in [0.25, 0.3) is 10.4 Å². The van der Waals surface area contributed by atoms with Crippen LogP contribution in [0.3, 0.4) is 0 Å². The van der Waals surface area contributed by atoms with E-state index in [0.717, 1.165) is 18.4 Å². The van der Waals surface area contributed by atoms with E-state index < -0.39 is 8.32 Å². The van der Waals surface area contributed by atoms with Crippen molar-refractivity contribution in [1.82, 2.24) is 0 Å². The van der Waals surface area contributed by atoms with Crippen LogP contribution in [0.2, 0.25) is 18.1 Å². The second-order valence-electron chi connectivity index (χ2n) is 8.03. The maximum atomic E-state index is 8.87. The van der Waals surface area contributed by atoms with E-state index in [1.165, 1.54) is 0 Å². The molecule has 1 aliphatic carbocycles. The van der Waals surface area contributed by atoms with Gasteiger partial charge in [-0.05, 0) is 42.1 Å². The summed E-state index contributed by atoms with van der Waals surface area (Å²) < 4.78 is 12.7. The fraction of sp³-hybridized carbons (Fsp3) is 0.667. The van der Waals surface area contributed by atoms with Crippen molar-refractivity contribution in [3.05, 3.63) is 46.3 Å². The molecule has 1 saturated carbocycles. The van der Waals surface area contributed by atoms with Gasteiger partial charge in [-0.2, -0.15) is 0 Å². The van der Waals surface area contributed by atoms with Crippen LogP contribution in [-0.4, -0.2) is 26.6 Å². The first-order chi connectivity index (χ1) is 11.2. The Labute approximate surface area is 146 Å². The van der Waals surface area contributed by atoms with E-state index >= 15 is 0 Å². The first-order valence-corrected chi connectivity index (χ1v) is 11.5. The van der Waals surface area contributed by atoms with Crippen molar-refractivity contribution in [2.24, 2.45) is 5.11 Å².